The molecule has 2 aromatic rings. The van der Waals surface area contributed by atoms with E-state index in [0.717, 1.165) is 22.0 Å². The van der Waals surface area contributed by atoms with E-state index < -0.39 is 0 Å². The number of benzene rings is 1. The largest absolute Gasteiger partial charge is 0.330 e. The van der Waals surface area contributed by atoms with E-state index in [1.807, 2.05) is 31.2 Å². The van der Waals surface area contributed by atoms with Crippen molar-refractivity contribution in [3.8, 4) is 0 Å². The molecule has 0 fully saturated rings. The molecule has 0 spiro atoms. The summed E-state index contributed by atoms with van der Waals surface area (Å²) in [6.45, 7) is 2.53. The summed E-state index contributed by atoms with van der Waals surface area (Å²) < 4.78 is 0. The summed E-state index contributed by atoms with van der Waals surface area (Å²) in [6, 6.07) is 7.87. The van der Waals surface area contributed by atoms with Crippen molar-refractivity contribution in [1.29, 1.82) is 0 Å². The zero-order valence-electron chi connectivity index (χ0n) is 8.71. The third-order valence-corrected chi connectivity index (χ3v) is 2.47. The standard InChI is InChI=1S/C12H14N2O/c1-8-2-3-9-7-10(4-5-13)14-12(15)11(9)6-8/h2-3,6-7H,4-5,13H2,1H3,(H,14,15). The molecule has 3 nitrogen and oxygen atoms in total. The molecule has 1 aromatic heterocycles. The summed E-state index contributed by atoms with van der Waals surface area (Å²) in [4.78, 5) is 14.6. The Morgan fingerprint density at radius 2 is 2.13 bits per heavy atom. The van der Waals surface area contributed by atoms with Crippen LogP contribution in [0.25, 0.3) is 10.8 Å². The van der Waals surface area contributed by atoms with Gasteiger partial charge in [-0.25, -0.2) is 0 Å². The number of hydrogen-bond donors (Lipinski definition) is 2. The van der Waals surface area contributed by atoms with Gasteiger partial charge < -0.3 is 10.7 Å². The molecule has 3 N–H and O–H groups in total. The Labute approximate surface area is 87.9 Å². The Kier molecular flexibility index (Phi) is 2.56. The lowest BCUT2D eigenvalue weighted by atomic mass is 10.1. The molecule has 0 radical (unpaired) electrons. The minimum Gasteiger partial charge on any atom is -0.330 e. The van der Waals surface area contributed by atoms with E-state index in [-0.39, 0.29) is 5.56 Å². The average molecular weight is 202 g/mol. The van der Waals surface area contributed by atoms with Crippen LogP contribution in [0.5, 0.6) is 0 Å². The normalized spacial score (nSPS) is 10.8. The molecule has 15 heavy (non-hydrogen) atoms. The number of pyridine rings is 1. The van der Waals surface area contributed by atoms with Gasteiger partial charge in [0.05, 0.1) is 0 Å². The molecule has 0 aliphatic rings. The predicted molar refractivity (Wildman–Crippen MR) is 62.1 cm³/mol. The second-order valence-corrected chi connectivity index (χ2v) is 3.75. The van der Waals surface area contributed by atoms with Crippen LogP contribution in [0.1, 0.15) is 11.3 Å². The van der Waals surface area contributed by atoms with E-state index >= 15 is 0 Å². The first kappa shape index (κ1) is 9.93. The second kappa shape index (κ2) is 3.87. The number of aromatic amines is 1. The molecular weight excluding hydrogens is 188 g/mol. The maximum absolute atomic E-state index is 11.7. The quantitative estimate of drug-likeness (QED) is 0.772. The number of H-pyrrole nitrogens is 1. The highest BCUT2D eigenvalue weighted by molar-refractivity contribution is 5.82. The maximum atomic E-state index is 11.7. The Hall–Kier alpha value is -1.61. The molecule has 0 atom stereocenters. The van der Waals surface area contributed by atoms with Crippen molar-refractivity contribution in [2.75, 3.05) is 6.54 Å². The maximum Gasteiger partial charge on any atom is 0.256 e. The summed E-state index contributed by atoms with van der Waals surface area (Å²) in [5, 5.41) is 1.73. The SMILES string of the molecule is Cc1ccc2cc(CCN)[nH]c(=O)c2c1. The molecule has 0 bridgehead atoms. The minimum absolute atomic E-state index is 0.0281. The lowest BCUT2D eigenvalue weighted by molar-refractivity contribution is 0.919. The van der Waals surface area contributed by atoms with E-state index in [2.05, 4.69) is 4.98 Å². The van der Waals surface area contributed by atoms with Gasteiger partial charge in [-0.05, 0) is 37.4 Å². The Balaban J connectivity index is 2.67. The topological polar surface area (TPSA) is 58.9 Å². The van der Waals surface area contributed by atoms with Crippen LogP contribution in [0.15, 0.2) is 29.1 Å². The van der Waals surface area contributed by atoms with Gasteiger partial charge in [-0.15, -0.1) is 0 Å². The Morgan fingerprint density at radius 1 is 1.33 bits per heavy atom. The highest BCUT2D eigenvalue weighted by Crippen LogP contribution is 2.12. The van der Waals surface area contributed by atoms with Crippen molar-refractivity contribution in [2.24, 2.45) is 5.73 Å². The first-order valence-electron chi connectivity index (χ1n) is 5.03. The smallest absolute Gasteiger partial charge is 0.256 e. The zero-order valence-corrected chi connectivity index (χ0v) is 8.71. The molecule has 0 aliphatic heterocycles. The van der Waals surface area contributed by atoms with Gasteiger partial charge in [0.1, 0.15) is 0 Å². The number of rotatable bonds is 2. The lowest BCUT2D eigenvalue weighted by Gasteiger charge is -2.02. The van der Waals surface area contributed by atoms with Gasteiger partial charge >= 0.3 is 0 Å². The second-order valence-electron chi connectivity index (χ2n) is 3.75. The fourth-order valence-corrected chi connectivity index (χ4v) is 1.72. The van der Waals surface area contributed by atoms with Crippen LogP contribution >= 0.6 is 0 Å². The van der Waals surface area contributed by atoms with Gasteiger partial charge in [0.25, 0.3) is 5.56 Å². The third-order valence-electron chi connectivity index (χ3n) is 2.47. The summed E-state index contributed by atoms with van der Waals surface area (Å²) in [5.41, 5.74) is 7.43. The molecule has 0 amide bonds. The summed E-state index contributed by atoms with van der Waals surface area (Å²) in [7, 11) is 0. The molecule has 3 heteroatoms. The minimum atomic E-state index is -0.0281. The van der Waals surface area contributed by atoms with E-state index in [1.165, 1.54) is 0 Å². The molecule has 0 saturated heterocycles. The van der Waals surface area contributed by atoms with Crippen LogP contribution < -0.4 is 11.3 Å². The highest BCUT2D eigenvalue weighted by Gasteiger charge is 2.01. The van der Waals surface area contributed by atoms with E-state index in [0.29, 0.717) is 13.0 Å². The molecule has 0 aliphatic carbocycles. The first-order chi connectivity index (χ1) is 7.20. The van der Waals surface area contributed by atoms with Crippen molar-refractivity contribution in [3.05, 3.63) is 45.9 Å². The molecule has 2 rings (SSSR count). The fourth-order valence-electron chi connectivity index (χ4n) is 1.72. The van der Waals surface area contributed by atoms with Crippen LogP contribution in [0.3, 0.4) is 0 Å². The van der Waals surface area contributed by atoms with Gasteiger partial charge in [0, 0.05) is 11.1 Å². The van der Waals surface area contributed by atoms with Crippen LogP contribution in [0.4, 0.5) is 0 Å². The van der Waals surface area contributed by atoms with Gasteiger partial charge in [-0.3, -0.25) is 4.79 Å². The molecule has 78 valence electrons. The van der Waals surface area contributed by atoms with Crippen LogP contribution in [0, 0.1) is 6.92 Å². The lowest BCUT2D eigenvalue weighted by Crippen LogP contribution is -2.12. The summed E-state index contributed by atoms with van der Waals surface area (Å²) in [5.74, 6) is 0. The van der Waals surface area contributed by atoms with Crippen molar-refractivity contribution < 1.29 is 0 Å². The van der Waals surface area contributed by atoms with Crippen LogP contribution in [-0.4, -0.2) is 11.5 Å². The number of nitrogens with two attached hydrogens (primary N) is 1. The van der Waals surface area contributed by atoms with Crippen LogP contribution in [0.2, 0.25) is 0 Å². The highest BCUT2D eigenvalue weighted by atomic mass is 16.1. The molecule has 0 saturated carbocycles. The molecule has 1 heterocycles. The van der Waals surface area contributed by atoms with E-state index in [1.54, 1.807) is 0 Å². The molecular formula is C12H14N2O. The van der Waals surface area contributed by atoms with Crippen molar-refractivity contribution >= 4 is 10.8 Å². The number of hydrogen-bond acceptors (Lipinski definition) is 2. The first-order valence-corrected chi connectivity index (χ1v) is 5.03. The number of nitrogens with one attached hydrogen (secondary N) is 1. The monoisotopic (exact) mass is 202 g/mol. The van der Waals surface area contributed by atoms with E-state index in [9.17, 15) is 4.79 Å². The Bertz CT molecular complexity index is 543. The van der Waals surface area contributed by atoms with Crippen molar-refractivity contribution in [1.82, 2.24) is 4.98 Å². The summed E-state index contributed by atoms with van der Waals surface area (Å²) in [6.07, 6.45) is 0.707. The average Bonchev–Trinajstić information content (AvgIpc) is 2.20. The van der Waals surface area contributed by atoms with Crippen molar-refractivity contribution in [2.45, 2.75) is 13.3 Å². The fraction of sp³-hybridized carbons (Fsp3) is 0.250. The number of aryl methyl sites for hydroxylation is 1. The predicted octanol–water partition coefficient (Wildman–Crippen LogP) is 1.34. The van der Waals surface area contributed by atoms with Gasteiger partial charge in [0.2, 0.25) is 0 Å². The third kappa shape index (κ3) is 1.92. The number of fused-ring (bicyclic) bond motifs is 1. The molecule has 0 unspecified atom stereocenters. The summed E-state index contributed by atoms with van der Waals surface area (Å²) >= 11 is 0. The van der Waals surface area contributed by atoms with E-state index in [4.69, 9.17) is 5.73 Å². The van der Waals surface area contributed by atoms with Crippen molar-refractivity contribution in [3.63, 3.8) is 0 Å². The van der Waals surface area contributed by atoms with Gasteiger partial charge in [0.15, 0.2) is 0 Å². The van der Waals surface area contributed by atoms with Crippen LogP contribution in [-0.2, 0) is 6.42 Å². The zero-order chi connectivity index (χ0) is 10.8. The number of aromatic nitrogens is 1. The Morgan fingerprint density at radius 3 is 2.87 bits per heavy atom. The van der Waals surface area contributed by atoms with Gasteiger partial charge in [-0.1, -0.05) is 17.7 Å². The molecule has 1 aromatic carbocycles. The van der Waals surface area contributed by atoms with Gasteiger partial charge in [-0.2, -0.15) is 0 Å².